The zero-order chi connectivity index (χ0) is 11.1. The second kappa shape index (κ2) is 2.99. The van der Waals surface area contributed by atoms with E-state index in [-0.39, 0.29) is 5.82 Å². The topological polar surface area (TPSA) is 108 Å². The van der Waals surface area contributed by atoms with Crippen LogP contribution in [-0.4, -0.2) is 30.1 Å². The van der Waals surface area contributed by atoms with E-state index in [1.807, 2.05) is 19.1 Å². The Kier molecular flexibility index (Phi) is 1.64. The molecule has 0 aliphatic carbocycles. The first-order chi connectivity index (χ1) is 7.75. The van der Waals surface area contributed by atoms with Crippen LogP contribution in [0.5, 0.6) is 0 Å². The molecular formula is C8H7N7O. The van der Waals surface area contributed by atoms with Gasteiger partial charge in [0.2, 0.25) is 5.82 Å². The molecule has 0 atom stereocenters. The maximum absolute atomic E-state index is 5.58. The summed E-state index contributed by atoms with van der Waals surface area (Å²) in [4.78, 5) is 0. The Morgan fingerprint density at radius 2 is 2.12 bits per heavy atom. The van der Waals surface area contributed by atoms with E-state index in [2.05, 4.69) is 30.2 Å². The number of hydrogen-bond donors (Lipinski definition) is 1. The van der Waals surface area contributed by atoms with Crippen molar-refractivity contribution in [3.63, 3.8) is 0 Å². The minimum atomic E-state index is 0.164. The van der Waals surface area contributed by atoms with Crippen molar-refractivity contribution in [3.05, 3.63) is 17.8 Å². The molecule has 0 saturated carbocycles. The van der Waals surface area contributed by atoms with Crippen LogP contribution in [0.4, 0.5) is 5.82 Å². The molecule has 0 spiro atoms. The molecule has 0 aromatic carbocycles. The molecule has 0 amide bonds. The van der Waals surface area contributed by atoms with Crippen LogP contribution in [0.1, 0.15) is 5.69 Å². The molecule has 0 aliphatic rings. The monoisotopic (exact) mass is 217 g/mol. The van der Waals surface area contributed by atoms with Crippen molar-refractivity contribution in [3.8, 4) is 11.5 Å². The Morgan fingerprint density at radius 3 is 2.88 bits per heavy atom. The van der Waals surface area contributed by atoms with Crippen LogP contribution in [0.2, 0.25) is 0 Å². The third-order valence-electron chi connectivity index (χ3n) is 2.12. The highest BCUT2D eigenvalue weighted by atomic mass is 16.6. The van der Waals surface area contributed by atoms with Crippen molar-refractivity contribution in [1.29, 1.82) is 0 Å². The average Bonchev–Trinajstić information content (AvgIpc) is 2.83. The fraction of sp³-hybridized carbons (Fsp3) is 0.125. The highest BCUT2D eigenvalue weighted by Crippen LogP contribution is 2.19. The first kappa shape index (κ1) is 8.77. The van der Waals surface area contributed by atoms with Gasteiger partial charge in [-0.2, -0.15) is 9.61 Å². The highest BCUT2D eigenvalue weighted by molar-refractivity contribution is 5.64. The summed E-state index contributed by atoms with van der Waals surface area (Å²) in [5.74, 6) is 0.579. The van der Waals surface area contributed by atoms with E-state index in [0.717, 1.165) is 5.69 Å². The number of aryl methyl sites for hydroxylation is 1. The quantitative estimate of drug-likeness (QED) is 0.614. The Balaban J connectivity index is 2.32. The van der Waals surface area contributed by atoms with E-state index < -0.39 is 0 Å². The molecule has 3 rings (SSSR count). The molecule has 0 fully saturated rings. The normalized spacial score (nSPS) is 11.1. The van der Waals surface area contributed by atoms with Gasteiger partial charge < -0.3 is 5.73 Å². The zero-order valence-corrected chi connectivity index (χ0v) is 8.32. The summed E-state index contributed by atoms with van der Waals surface area (Å²) < 4.78 is 6.06. The molecular weight excluding hydrogens is 210 g/mol. The standard InChI is InChI=1S/C8H7N7O/c1-4-2-3-5-10-11-8(15(5)12-4)6-7(9)14-16-13-6/h2-3H,1H3,(H2,9,14). The van der Waals surface area contributed by atoms with Gasteiger partial charge in [0, 0.05) is 0 Å². The Hall–Kier alpha value is -2.51. The SMILES string of the molecule is Cc1ccc2nnc(-c3nonc3N)n2n1. The third-order valence-corrected chi connectivity index (χ3v) is 2.12. The number of nitrogens with two attached hydrogens (primary N) is 1. The summed E-state index contributed by atoms with van der Waals surface area (Å²) in [6.07, 6.45) is 0. The Morgan fingerprint density at radius 1 is 1.25 bits per heavy atom. The predicted octanol–water partition coefficient (Wildman–Crippen LogP) is 0.0649. The van der Waals surface area contributed by atoms with Gasteiger partial charge in [-0.1, -0.05) is 0 Å². The third kappa shape index (κ3) is 1.13. The van der Waals surface area contributed by atoms with Gasteiger partial charge in [-0.25, -0.2) is 4.63 Å². The van der Waals surface area contributed by atoms with Crippen molar-refractivity contribution in [2.75, 3.05) is 5.73 Å². The molecule has 3 heterocycles. The maximum atomic E-state index is 5.58. The number of aromatic nitrogens is 6. The first-order valence-electron chi connectivity index (χ1n) is 4.53. The largest absolute Gasteiger partial charge is 0.379 e. The van der Waals surface area contributed by atoms with Gasteiger partial charge in [-0.05, 0) is 29.4 Å². The Bertz CT molecular complexity index is 655. The second-order valence-electron chi connectivity index (χ2n) is 3.27. The summed E-state index contributed by atoms with van der Waals surface area (Å²) in [5.41, 5.74) is 7.37. The molecule has 0 saturated heterocycles. The fourth-order valence-electron chi connectivity index (χ4n) is 1.38. The number of nitrogen functional groups attached to an aromatic ring is 1. The molecule has 8 nitrogen and oxygen atoms in total. The molecule has 80 valence electrons. The molecule has 0 aliphatic heterocycles. The minimum absolute atomic E-state index is 0.164. The van der Waals surface area contributed by atoms with Crippen molar-refractivity contribution in [1.82, 2.24) is 30.1 Å². The van der Waals surface area contributed by atoms with E-state index in [1.165, 1.54) is 0 Å². The molecule has 2 N–H and O–H groups in total. The van der Waals surface area contributed by atoms with Crippen molar-refractivity contribution in [2.24, 2.45) is 0 Å². The molecule has 8 heteroatoms. The van der Waals surface area contributed by atoms with Gasteiger partial charge in [0.1, 0.15) is 0 Å². The lowest BCUT2D eigenvalue weighted by atomic mass is 10.4. The van der Waals surface area contributed by atoms with Crippen LogP contribution in [-0.2, 0) is 0 Å². The van der Waals surface area contributed by atoms with Gasteiger partial charge in [0.15, 0.2) is 17.2 Å². The van der Waals surface area contributed by atoms with Gasteiger partial charge in [0.05, 0.1) is 5.69 Å². The van der Waals surface area contributed by atoms with Crippen LogP contribution in [0.15, 0.2) is 16.8 Å². The molecule has 3 aromatic rings. The highest BCUT2D eigenvalue weighted by Gasteiger charge is 2.16. The summed E-state index contributed by atoms with van der Waals surface area (Å²) in [6.45, 7) is 1.87. The predicted molar refractivity (Wildman–Crippen MR) is 53.2 cm³/mol. The van der Waals surface area contributed by atoms with Gasteiger partial charge in [0.25, 0.3) is 0 Å². The minimum Gasteiger partial charge on any atom is -0.379 e. The van der Waals surface area contributed by atoms with Crippen molar-refractivity contribution < 1.29 is 4.63 Å². The van der Waals surface area contributed by atoms with Crippen LogP contribution >= 0.6 is 0 Å². The number of rotatable bonds is 1. The fourth-order valence-corrected chi connectivity index (χ4v) is 1.38. The van der Waals surface area contributed by atoms with E-state index in [9.17, 15) is 0 Å². The number of fused-ring (bicyclic) bond motifs is 1. The Labute approximate surface area is 89.0 Å². The lowest BCUT2D eigenvalue weighted by Crippen LogP contribution is -1.98. The molecule has 16 heavy (non-hydrogen) atoms. The first-order valence-corrected chi connectivity index (χ1v) is 4.53. The van der Waals surface area contributed by atoms with Crippen molar-refractivity contribution in [2.45, 2.75) is 6.92 Å². The smallest absolute Gasteiger partial charge is 0.211 e. The maximum Gasteiger partial charge on any atom is 0.211 e. The summed E-state index contributed by atoms with van der Waals surface area (Å²) in [7, 11) is 0. The molecule has 0 radical (unpaired) electrons. The second-order valence-corrected chi connectivity index (χ2v) is 3.27. The van der Waals surface area contributed by atoms with Crippen LogP contribution in [0, 0.1) is 6.92 Å². The zero-order valence-electron chi connectivity index (χ0n) is 8.32. The van der Waals surface area contributed by atoms with Gasteiger partial charge >= 0.3 is 0 Å². The van der Waals surface area contributed by atoms with Gasteiger partial charge in [-0.15, -0.1) is 10.2 Å². The molecule has 0 bridgehead atoms. The molecule has 0 unspecified atom stereocenters. The van der Waals surface area contributed by atoms with E-state index >= 15 is 0 Å². The number of nitrogens with zero attached hydrogens (tertiary/aromatic N) is 6. The number of anilines is 1. The summed E-state index contributed by atoms with van der Waals surface area (Å²) >= 11 is 0. The van der Waals surface area contributed by atoms with E-state index in [4.69, 9.17) is 5.73 Å². The van der Waals surface area contributed by atoms with E-state index in [0.29, 0.717) is 17.2 Å². The van der Waals surface area contributed by atoms with Crippen molar-refractivity contribution >= 4 is 11.5 Å². The van der Waals surface area contributed by atoms with E-state index in [1.54, 1.807) is 4.52 Å². The van der Waals surface area contributed by atoms with Crippen LogP contribution in [0.3, 0.4) is 0 Å². The lowest BCUT2D eigenvalue weighted by molar-refractivity contribution is 0.310. The molecule has 3 aromatic heterocycles. The lowest BCUT2D eigenvalue weighted by Gasteiger charge is -1.95. The van der Waals surface area contributed by atoms with Crippen LogP contribution in [0.25, 0.3) is 17.2 Å². The average molecular weight is 217 g/mol. The summed E-state index contributed by atoms with van der Waals surface area (Å²) in [6, 6.07) is 3.65. The van der Waals surface area contributed by atoms with Crippen LogP contribution < -0.4 is 5.73 Å². The van der Waals surface area contributed by atoms with Gasteiger partial charge in [-0.3, -0.25) is 0 Å². The number of hydrogen-bond acceptors (Lipinski definition) is 7. The summed E-state index contributed by atoms with van der Waals surface area (Å²) in [5, 5.41) is 19.3.